The topological polar surface area (TPSA) is 83.7 Å². The Labute approximate surface area is 136 Å². The number of carbonyl (C=O) groups excluding carboxylic acids is 1. The highest BCUT2D eigenvalue weighted by Gasteiger charge is 2.26. The Morgan fingerprint density at radius 1 is 1.52 bits per heavy atom. The Kier molecular flexibility index (Phi) is 5.51. The van der Waals surface area contributed by atoms with Crippen molar-refractivity contribution in [3.8, 4) is 0 Å². The van der Waals surface area contributed by atoms with E-state index in [4.69, 9.17) is 5.11 Å². The molecule has 1 saturated heterocycles. The fourth-order valence-electron chi connectivity index (χ4n) is 2.63. The molecule has 0 spiro atoms. The number of hydrogen-bond acceptors (Lipinski definition) is 4. The molecule has 1 amide bonds. The molecule has 1 aromatic rings. The van der Waals surface area contributed by atoms with Gasteiger partial charge in [-0.2, -0.15) is 0 Å². The molecule has 0 saturated carbocycles. The van der Waals surface area contributed by atoms with Gasteiger partial charge in [0.25, 0.3) is 11.6 Å². The van der Waals surface area contributed by atoms with Crippen LogP contribution in [-0.2, 0) is 0 Å². The molecule has 1 aliphatic heterocycles. The van der Waals surface area contributed by atoms with Crippen LogP contribution in [0.4, 0.5) is 5.69 Å². The maximum absolute atomic E-state index is 12.6. The van der Waals surface area contributed by atoms with Crippen molar-refractivity contribution in [2.24, 2.45) is 5.92 Å². The predicted molar refractivity (Wildman–Crippen MR) is 86.1 cm³/mol. The predicted octanol–water partition coefficient (Wildman–Crippen LogP) is 2.43. The Morgan fingerprint density at radius 3 is 2.95 bits per heavy atom. The summed E-state index contributed by atoms with van der Waals surface area (Å²) in [6, 6.07) is 4.35. The molecule has 1 atom stereocenters. The lowest BCUT2D eigenvalue weighted by atomic mass is 9.94. The fraction of sp³-hybridized carbons (Fsp3) is 0.500. The number of benzene rings is 1. The molecule has 0 bridgehead atoms. The Bertz CT molecular complexity index is 548. The van der Waals surface area contributed by atoms with Crippen LogP contribution in [-0.4, -0.2) is 40.5 Å². The molecule has 1 heterocycles. The molecule has 1 fully saturated rings. The van der Waals surface area contributed by atoms with E-state index in [-0.39, 0.29) is 18.2 Å². The van der Waals surface area contributed by atoms with E-state index in [1.807, 2.05) is 22.6 Å². The normalized spacial score (nSPS) is 18.6. The van der Waals surface area contributed by atoms with Gasteiger partial charge in [-0.15, -0.1) is 0 Å². The van der Waals surface area contributed by atoms with Crippen molar-refractivity contribution in [3.05, 3.63) is 37.4 Å². The van der Waals surface area contributed by atoms with Gasteiger partial charge in [-0.3, -0.25) is 14.9 Å². The number of hydrogen-bond donors (Lipinski definition) is 1. The third kappa shape index (κ3) is 3.91. The van der Waals surface area contributed by atoms with Gasteiger partial charge >= 0.3 is 0 Å². The second-order valence-electron chi connectivity index (χ2n) is 5.19. The maximum atomic E-state index is 12.6. The van der Waals surface area contributed by atoms with Crippen molar-refractivity contribution in [1.29, 1.82) is 0 Å². The Morgan fingerprint density at radius 2 is 2.29 bits per heavy atom. The Hall–Kier alpha value is -1.22. The second-order valence-corrected chi connectivity index (χ2v) is 6.36. The lowest BCUT2D eigenvalue weighted by molar-refractivity contribution is -0.384. The monoisotopic (exact) mass is 404 g/mol. The molecule has 1 aliphatic rings. The minimum Gasteiger partial charge on any atom is -0.396 e. The molecule has 0 aromatic heterocycles. The summed E-state index contributed by atoms with van der Waals surface area (Å²) in [5.74, 6) is 0.148. The summed E-state index contributed by atoms with van der Waals surface area (Å²) in [6.45, 7) is 1.40. The van der Waals surface area contributed by atoms with Gasteiger partial charge in [-0.05, 0) is 53.8 Å². The third-order valence-electron chi connectivity index (χ3n) is 3.73. The van der Waals surface area contributed by atoms with Gasteiger partial charge in [0.2, 0.25) is 0 Å². The van der Waals surface area contributed by atoms with Crippen molar-refractivity contribution in [2.75, 3.05) is 19.7 Å². The molecular formula is C14H17IN2O4. The van der Waals surface area contributed by atoms with Crippen molar-refractivity contribution >= 4 is 34.2 Å². The van der Waals surface area contributed by atoms with Gasteiger partial charge in [-0.1, -0.05) is 0 Å². The number of aliphatic hydroxyl groups is 1. The molecule has 2 rings (SSSR count). The van der Waals surface area contributed by atoms with Crippen LogP contribution in [0.3, 0.4) is 0 Å². The first-order valence-corrected chi connectivity index (χ1v) is 7.95. The summed E-state index contributed by atoms with van der Waals surface area (Å²) in [5.41, 5.74) is 0.317. The number of carbonyl (C=O) groups is 1. The molecule has 1 aromatic carbocycles. The van der Waals surface area contributed by atoms with E-state index in [1.54, 1.807) is 11.0 Å². The van der Waals surface area contributed by atoms with Crippen molar-refractivity contribution in [2.45, 2.75) is 19.3 Å². The molecule has 21 heavy (non-hydrogen) atoms. The zero-order chi connectivity index (χ0) is 15.4. The second kappa shape index (κ2) is 7.17. The number of aliphatic hydroxyl groups excluding tert-OH is 1. The molecule has 1 N–H and O–H groups in total. The lowest BCUT2D eigenvalue weighted by Gasteiger charge is -2.32. The number of piperidine rings is 1. The number of amides is 1. The number of likely N-dealkylation sites (tertiary alicyclic amines) is 1. The van der Waals surface area contributed by atoms with E-state index in [1.165, 1.54) is 12.1 Å². The van der Waals surface area contributed by atoms with E-state index < -0.39 is 4.92 Å². The number of nitro groups is 1. The summed E-state index contributed by atoms with van der Waals surface area (Å²) in [6.07, 6.45) is 2.61. The van der Waals surface area contributed by atoms with Crippen LogP contribution in [0.25, 0.3) is 0 Å². The van der Waals surface area contributed by atoms with Gasteiger partial charge in [0.15, 0.2) is 0 Å². The van der Waals surface area contributed by atoms with Gasteiger partial charge < -0.3 is 10.0 Å². The van der Waals surface area contributed by atoms with Crippen molar-refractivity contribution in [1.82, 2.24) is 4.90 Å². The first-order valence-electron chi connectivity index (χ1n) is 6.87. The smallest absolute Gasteiger partial charge is 0.270 e. The summed E-state index contributed by atoms with van der Waals surface area (Å²) >= 11 is 2.02. The zero-order valence-corrected chi connectivity index (χ0v) is 13.7. The van der Waals surface area contributed by atoms with E-state index in [9.17, 15) is 14.9 Å². The quantitative estimate of drug-likeness (QED) is 0.475. The number of rotatable bonds is 4. The molecule has 114 valence electrons. The van der Waals surface area contributed by atoms with Gasteiger partial charge in [0.05, 0.1) is 10.5 Å². The number of halogens is 1. The van der Waals surface area contributed by atoms with Crippen LogP contribution in [0.1, 0.15) is 29.6 Å². The largest absolute Gasteiger partial charge is 0.396 e. The van der Waals surface area contributed by atoms with E-state index in [0.717, 1.165) is 12.8 Å². The zero-order valence-electron chi connectivity index (χ0n) is 11.5. The summed E-state index contributed by atoms with van der Waals surface area (Å²) in [4.78, 5) is 24.7. The highest BCUT2D eigenvalue weighted by Crippen LogP contribution is 2.25. The average Bonchev–Trinajstić information content (AvgIpc) is 2.47. The van der Waals surface area contributed by atoms with E-state index in [0.29, 0.717) is 34.6 Å². The van der Waals surface area contributed by atoms with Gasteiger partial charge in [0.1, 0.15) is 0 Å². The number of nitro benzene ring substituents is 1. The van der Waals surface area contributed by atoms with Crippen LogP contribution in [0.15, 0.2) is 18.2 Å². The first-order chi connectivity index (χ1) is 10.0. The van der Waals surface area contributed by atoms with E-state index in [2.05, 4.69) is 0 Å². The lowest BCUT2D eigenvalue weighted by Crippen LogP contribution is -2.40. The number of non-ortho nitro benzene ring substituents is 1. The molecule has 7 heteroatoms. The molecule has 6 nitrogen and oxygen atoms in total. The summed E-state index contributed by atoms with van der Waals surface area (Å²) in [5, 5.41) is 19.9. The van der Waals surface area contributed by atoms with Crippen LogP contribution < -0.4 is 0 Å². The van der Waals surface area contributed by atoms with Crippen LogP contribution in [0, 0.1) is 19.6 Å². The third-order valence-corrected chi connectivity index (χ3v) is 4.68. The highest BCUT2D eigenvalue weighted by atomic mass is 127. The van der Waals surface area contributed by atoms with Gasteiger partial charge in [0, 0.05) is 35.4 Å². The molecular weight excluding hydrogens is 387 g/mol. The highest BCUT2D eigenvalue weighted by molar-refractivity contribution is 14.1. The molecule has 0 aliphatic carbocycles. The first kappa shape index (κ1) is 16.2. The number of nitrogens with zero attached hydrogens (tertiary/aromatic N) is 2. The van der Waals surface area contributed by atoms with Crippen molar-refractivity contribution < 1.29 is 14.8 Å². The summed E-state index contributed by atoms with van der Waals surface area (Å²) in [7, 11) is 0. The minimum absolute atomic E-state index is 0.0670. The SMILES string of the molecule is O=C(c1cc([N+](=O)[O-])ccc1I)N1CCCC(CCO)C1. The molecule has 1 unspecified atom stereocenters. The van der Waals surface area contributed by atoms with Crippen LogP contribution >= 0.6 is 22.6 Å². The summed E-state index contributed by atoms with van der Waals surface area (Å²) < 4.78 is 0.715. The minimum atomic E-state index is -0.488. The van der Waals surface area contributed by atoms with Crippen LogP contribution in [0.5, 0.6) is 0 Å². The standard InChI is InChI=1S/C14H17IN2O4/c15-13-4-3-11(17(20)21)8-12(13)14(19)16-6-1-2-10(9-16)5-7-18/h3-4,8,10,18H,1-2,5-7,9H2. The maximum Gasteiger partial charge on any atom is 0.270 e. The van der Waals surface area contributed by atoms with Crippen molar-refractivity contribution in [3.63, 3.8) is 0 Å². The van der Waals surface area contributed by atoms with E-state index >= 15 is 0 Å². The fourth-order valence-corrected chi connectivity index (χ4v) is 3.19. The molecule has 0 radical (unpaired) electrons. The Balaban J connectivity index is 2.19. The van der Waals surface area contributed by atoms with Crippen LogP contribution in [0.2, 0.25) is 0 Å². The van der Waals surface area contributed by atoms with Gasteiger partial charge in [-0.25, -0.2) is 0 Å². The average molecular weight is 404 g/mol.